The summed E-state index contributed by atoms with van der Waals surface area (Å²) >= 11 is 17.9. The number of hydrogen-bond donors (Lipinski definition) is 3. The van der Waals surface area contributed by atoms with Gasteiger partial charge in [0.15, 0.2) is 16.5 Å². The highest BCUT2D eigenvalue weighted by Crippen LogP contribution is 2.39. The van der Waals surface area contributed by atoms with E-state index in [-0.39, 0.29) is 22.0 Å². The van der Waals surface area contributed by atoms with Gasteiger partial charge in [0.05, 0.1) is 61.7 Å². The molecule has 0 bridgehead atoms. The predicted octanol–water partition coefficient (Wildman–Crippen LogP) is 15.5. The molecule has 90 heavy (non-hydrogen) atoms. The fourth-order valence-corrected chi connectivity index (χ4v) is 8.09. The number of oxime groups is 3. The number of aryl methyl sites for hydroxylation is 10. The number of rotatable bonds is 7. The molecular formula is C56H60BBr4ClF12N11O5. The minimum Gasteiger partial charge on any atom is -0.449 e. The lowest BCUT2D eigenvalue weighted by Gasteiger charge is -2.21. The van der Waals surface area contributed by atoms with Crippen LogP contribution in [0.1, 0.15) is 86.6 Å². The third kappa shape index (κ3) is 25.3. The molecule has 0 aliphatic carbocycles. The van der Waals surface area contributed by atoms with Crippen molar-refractivity contribution in [3.63, 3.8) is 0 Å². The van der Waals surface area contributed by atoms with E-state index in [1.807, 2.05) is 76.2 Å². The molecule has 1 unspecified atom stereocenters. The molecule has 5 heterocycles. The standard InChI is InChI=1S/C16H15BrF3N3O.C8H7BrClNO.C8H8BrNO.2C8H9F3N2.C5H8BN2O.C3H2BrF3.H2O/c1-9-6-10(4-5-11(9)17)12-8-15(2,24-22-12)14-7-13(16(18,19)20)21-23(14)3;1-5-4-6(8(10)11-12)2-3-7(5)9;1-6-4-7(5-10-11)2-3-8(6)9;2*1-5-4-7(13(3)12-5)6(2)8(9,10)11;1-4-3-5(6-9)8(2)7-4;1-2(4)3(5,6)7;/h4-7H,8H2,1-3H3;2-4,12H,1H3;2-5,11H,1H3;2*4H,2H2,1,3H3;3,9H,1-2H3;1H2;1H2/b;11-8-;10-5+;;;;;. The molecule has 16 nitrogen and oxygen atoms in total. The lowest BCUT2D eigenvalue weighted by molar-refractivity contribution is -0.141. The van der Waals surface area contributed by atoms with Crippen LogP contribution in [-0.2, 0) is 44.8 Å². The van der Waals surface area contributed by atoms with E-state index in [2.05, 4.69) is 119 Å². The average Bonchev–Trinajstić information content (AvgIpc) is 1.63. The van der Waals surface area contributed by atoms with Crippen LogP contribution >= 0.6 is 75.3 Å². The van der Waals surface area contributed by atoms with Gasteiger partial charge in [0.1, 0.15) is 0 Å². The van der Waals surface area contributed by atoms with Crippen LogP contribution in [-0.4, -0.2) is 103 Å². The van der Waals surface area contributed by atoms with Gasteiger partial charge in [-0.3, -0.25) is 18.7 Å². The summed E-state index contributed by atoms with van der Waals surface area (Å²) in [6, 6.07) is 22.5. The molecule has 8 rings (SSSR count). The van der Waals surface area contributed by atoms with E-state index in [0.717, 1.165) is 66.1 Å². The van der Waals surface area contributed by atoms with Gasteiger partial charge in [-0.05, 0) is 153 Å². The molecule has 4 aromatic heterocycles. The number of nitrogens with zero attached hydrogens (tertiary/aromatic N) is 11. The van der Waals surface area contributed by atoms with Crippen LogP contribution < -0.4 is 5.59 Å². The minimum absolute atomic E-state index is 0. The molecule has 491 valence electrons. The number of allylic oxidation sites excluding steroid dienone is 3. The van der Waals surface area contributed by atoms with E-state index in [4.69, 9.17) is 31.9 Å². The Bertz CT molecular complexity index is 3600. The highest BCUT2D eigenvalue weighted by Gasteiger charge is 2.43. The van der Waals surface area contributed by atoms with Crippen molar-refractivity contribution in [1.82, 2.24) is 39.1 Å². The molecular weight excluding hydrogens is 1500 g/mol. The normalized spacial score (nSPS) is 13.7. The Labute approximate surface area is 549 Å². The maximum absolute atomic E-state index is 12.9. The molecule has 1 aliphatic rings. The van der Waals surface area contributed by atoms with Gasteiger partial charge in [-0.15, -0.1) is 0 Å². The zero-order valence-corrected chi connectivity index (χ0v) is 56.7. The van der Waals surface area contributed by atoms with Gasteiger partial charge in [-0.2, -0.15) is 73.1 Å². The molecule has 5 N–H and O–H groups in total. The molecule has 0 saturated heterocycles. The minimum atomic E-state index is -4.49. The number of benzene rings is 3. The molecule has 0 amide bonds. The first-order chi connectivity index (χ1) is 40.8. The average molecular weight is 1560 g/mol. The summed E-state index contributed by atoms with van der Waals surface area (Å²) < 4.78 is 152. The lowest BCUT2D eigenvalue weighted by Crippen LogP contribution is -2.25. The smallest absolute Gasteiger partial charge is 0.435 e. The van der Waals surface area contributed by atoms with Gasteiger partial charge < -0.3 is 25.8 Å². The van der Waals surface area contributed by atoms with Crippen molar-refractivity contribution in [2.75, 3.05) is 0 Å². The van der Waals surface area contributed by atoms with E-state index in [9.17, 15) is 52.7 Å². The first-order valence-electron chi connectivity index (χ1n) is 25.0. The molecule has 0 spiro atoms. The van der Waals surface area contributed by atoms with Crippen molar-refractivity contribution in [1.29, 1.82) is 0 Å². The van der Waals surface area contributed by atoms with Crippen LogP contribution in [0.15, 0.2) is 132 Å². The van der Waals surface area contributed by atoms with Crippen molar-refractivity contribution >= 4 is 117 Å². The number of hydrogen-bond acceptors (Lipinski definition) is 11. The molecule has 3 aromatic carbocycles. The van der Waals surface area contributed by atoms with Crippen molar-refractivity contribution in [3.05, 3.63) is 190 Å². The monoisotopic (exact) mass is 1560 g/mol. The third-order valence-corrected chi connectivity index (χ3v) is 15.1. The fraction of sp³-hybridized carbons (Fsp3) is 0.304. The summed E-state index contributed by atoms with van der Waals surface area (Å²) in [5.41, 5.74) is 5.84. The molecule has 0 fully saturated rings. The molecule has 34 heteroatoms. The quantitative estimate of drug-likeness (QED) is 0.0458. The van der Waals surface area contributed by atoms with Gasteiger partial charge in [0.25, 0.3) is 0 Å². The summed E-state index contributed by atoms with van der Waals surface area (Å²) in [5, 5.41) is 50.4. The summed E-state index contributed by atoms with van der Waals surface area (Å²) in [7, 11) is 7.22. The van der Waals surface area contributed by atoms with Crippen molar-refractivity contribution < 1.29 is 78.4 Å². The first-order valence-corrected chi connectivity index (χ1v) is 28.5. The predicted molar refractivity (Wildman–Crippen MR) is 337 cm³/mol. The van der Waals surface area contributed by atoms with Crippen molar-refractivity contribution in [2.24, 2.45) is 43.7 Å². The first kappa shape index (κ1) is 81.5. The van der Waals surface area contributed by atoms with E-state index in [1.54, 1.807) is 44.6 Å². The van der Waals surface area contributed by atoms with Crippen LogP contribution in [0, 0.1) is 41.5 Å². The van der Waals surface area contributed by atoms with E-state index in [1.165, 1.54) is 53.5 Å². The number of alkyl halides is 12. The second kappa shape index (κ2) is 34.8. The Balaban J connectivity index is 0.000000544. The Morgan fingerprint density at radius 3 is 1.40 bits per heavy atom. The molecule has 1 aliphatic heterocycles. The zero-order valence-electron chi connectivity index (χ0n) is 49.6. The number of aromatic nitrogens is 8. The second-order valence-electron chi connectivity index (χ2n) is 19.1. The van der Waals surface area contributed by atoms with Crippen LogP contribution in [0.3, 0.4) is 0 Å². The van der Waals surface area contributed by atoms with Crippen molar-refractivity contribution in [2.45, 2.75) is 85.2 Å². The zero-order chi connectivity index (χ0) is 68.5. The maximum Gasteiger partial charge on any atom is 0.435 e. The summed E-state index contributed by atoms with van der Waals surface area (Å²) in [4.78, 5) is 5.52. The number of halogens is 17. The topological polar surface area (TPSA) is 210 Å². The Hall–Kier alpha value is -6.52. The Morgan fingerprint density at radius 1 is 0.633 bits per heavy atom. The second-order valence-corrected chi connectivity index (χ2v) is 22.9. The highest BCUT2D eigenvalue weighted by molar-refractivity contribution is 9.12. The fourth-order valence-electron chi connectivity index (χ4n) is 7.23. The maximum atomic E-state index is 12.9. The largest absolute Gasteiger partial charge is 0.449 e. The van der Waals surface area contributed by atoms with Gasteiger partial charge in [-0.1, -0.05) is 113 Å². The molecule has 1 atom stereocenters. The summed E-state index contributed by atoms with van der Waals surface area (Å²) in [6.07, 6.45) is -15.8. The molecule has 0 saturated carbocycles. The van der Waals surface area contributed by atoms with Crippen LogP contribution in [0.4, 0.5) is 52.7 Å². The van der Waals surface area contributed by atoms with Crippen LogP contribution in [0.5, 0.6) is 0 Å². The van der Waals surface area contributed by atoms with Crippen LogP contribution in [0.2, 0.25) is 0 Å². The Morgan fingerprint density at radius 2 is 1.07 bits per heavy atom. The van der Waals surface area contributed by atoms with Gasteiger partial charge in [-0.25, -0.2) is 0 Å². The Kier molecular flexibility index (Phi) is 31.5. The SMILES string of the molecule is C=C(Br)C(F)(F)F.C=C(c1cc(C)nn1C)C(F)(F)F.C=C(c1cc(C)nn1C)C(F)(F)F.Cc1cc(/C(Cl)=N/O)ccc1Br.Cc1cc(/C=N/O)ccc1Br.Cc1cc(C2=NOC(C)(c3cc(C(F)(F)F)nn3C)C2)ccc1Br.Cc1cc([B]O)n(C)n1.O. The third-order valence-electron chi connectivity index (χ3n) is 11.7. The van der Waals surface area contributed by atoms with Gasteiger partial charge in [0.2, 0.25) is 0 Å². The van der Waals surface area contributed by atoms with Gasteiger partial charge in [0, 0.05) is 59.2 Å². The highest BCUT2D eigenvalue weighted by atomic mass is 79.9. The lowest BCUT2D eigenvalue weighted by atomic mass is 9.92. The molecule has 1 radical (unpaired) electrons. The van der Waals surface area contributed by atoms with Crippen LogP contribution in [0.25, 0.3) is 11.1 Å². The van der Waals surface area contributed by atoms with E-state index < -0.39 is 51.6 Å². The van der Waals surface area contributed by atoms with E-state index in [0.29, 0.717) is 34.8 Å². The summed E-state index contributed by atoms with van der Waals surface area (Å²) in [6.45, 7) is 21.3. The van der Waals surface area contributed by atoms with Crippen molar-refractivity contribution in [3.8, 4) is 0 Å². The molecule has 7 aromatic rings. The van der Waals surface area contributed by atoms with E-state index >= 15 is 0 Å². The van der Waals surface area contributed by atoms with Gasteiger partial charge >= 0.3 is 32.2 Å². The summed E-state index contributed by atoms with van der Waals surface area (Å²) in [5.74, 6) is 0.